The van der Waals surface area contributed by atoms with Crippen LogP contribution in [0.15, 0.2) is 24.3 Å². The van der Waals surface area contributed by atoms with E-state index >= 15 is 0 Å². The summed E-state index contributed by atoms with van der Waals surface area (Å²) in [6, 6.07) is 7.25. The summed E-state index contributed by atoms with van der Waals surface area (Å²) in [5.74, 6) is 0.756. The van der Waals surface area contributed by atoms with Crippen molar-refractivity contribution in [2.24, 2.45) is 0 Å². The number of Topliss-reactive ketones (excluding diaryl/α,β-unsaturated/α-hetero) is 1. The average Bonchev–Trinajstić information content (AvgIpc) is 2.39. The van der Waals surface area contributed by atoms with Gasteiger partial charge in [0, 0.05) is 12.2 Å². The first-order valence-corrected chi connectivity index (χ1v) is 5.98. The molecular formula is C14H18O3. The highest BCUT2D eigenvalue weighted by Gasteiger charge is 2.36. The van der Waals surface area contributed by atoms with Crippen LogP contribution in [-0.2, 0) is 4.74 Å². The molecule has 3 nitrogen and oxygen atoms in total. The summed E-state index contributed by atoms with van der Waals surface area (Å²) in [5, 5.41) is 0. The monoisotopic (exact) mass is 234 g/mol. The van der Waals surface area contributed by atoms with Crippen LogP contribution < -0.4 is 4.74 Å². The molecule has 1 fully saturated rings. The van der Waals surface area contributed by atoms with E-state index in [0.29, 0.717) is 17.9 Å². The highest BCUT2D eigenvalue weighted by atomic mass is 16.5. The molecule has 0 bridgehead atoms. The fourth-order valence-electron chi connectivity index (χ4n) is 2.18. The number of hydrogen-bond acceptors (Lipinski definition) is 3. The molecule has 0 radical (unpaired) electrons. The zero-order valence-corrected chi connectivity index (χ0v) is 10.4. The second kappa shape index (κ2) is 4.88. The second-order valence-corrected chi connectivity index (χ2v) is 4.60. The number of ketones is 1. The smallest absolute Gasteiger partial charge is 0.194 e. The van der Waals surface area contributed by atoms with Crippen LogP contribution >= 0.6 is 0 Å². The quantitative estimate of drug-likeness (QED) is 0.754. The van der Waals surface area contributed by atoms with Crippen LogP contribution in [0.1, 0.15) is 36.5 Å². The van der Waals surface area contributed by atoms with Crippen molar-refractivity contribution in [2.45, 2.75) is 31.8 Å². The molecule has 1 aromatic carbocycles. The lowest BCUT2D eigenvalue weighted by Crippen LogP contribution is -2.41. The van der Waals surface area contributed by atoms with Crippen molar-refractivity contribution >= 4 is 5.78 Å². The van der Waals surface area contributed by atoms with E-state index < -0.39 is 5.60 Å². The Labute approximate surface area is 102 Å². The maximum absolute atomic E-state index is 12.4. The first-order chi connectivity index (χ1) is 8.15. The maximum atomic E-state index is 12.4. The van der Waals surface area contributed by atoms with E-state index in [-0.39, 0.29) is 5.78 Å². The van der Waals surface area contributed by atoms with Gasteiger partial charge >= 0.3 is 0 Å². The van der Waals surface area contributed by atoms with E-state index in [1.807, 2.05) is 25.1 Å². The van der Waals surface area contributed by atoms with E-state index in [2.05, 4.69) is 0 Å². The number of benzene rings is 1. The summed E-state index contributed by atoms with van der Waals surface area (Å²) in [6.45, 7) is 2.56. The summed E-state index contributed by atoms with van der Waals surface area (Å²) in [4.78, 5) is 12.4. The largest absolute Gasteiger partial charge is 0.497 e. The third kappa shape index (κ3) is 2.50. The topological polar surface area (TPSA) is 35.5 Å². The van der Waals surface area contributed by atoms with Crippen LogP contribution in [0.2, 0.25) is 0 Å². The third-order valence-electron chi connectivity index (χ3n) is 3.28. The summed E-state index contributed by atoms with van der Waals surface area (Å²) < 4.78 is 10.8. The summed E-state index contributed by atoms with van der Waals surface area (Å²) >= 11 is 0. The van der Waals surface area contributed by atoms with Crippen LogP contribution in [0.5, 0.6) is 5.75 Å². The van der Waals surface area contributed by atoms with Crippen molar-refractivity contribution < 1.29 is 14.3 Å². The van der Waals surface area contributed by atoms with Crippen molar-refractivity contribution in [3.63, 3.8) is 0 Å². The first-order valence-electron chi connectivity index (χ1n) is 5.98. The van der Waals surface area contributed by atoms with Crippen LogP contribution in [0.3, 0.4) is 0 Å². The Morgan fingerprint density at radius 2 is 2.24 bits per heavy atom. The van der Waals surface area contributed by atoms with Crippen LogP contribution in [-0.4, -0.2) is 25.1 Å². The lowest BCUT2D eigenvalue weighted by Gasteiger charge is -2.32. The first kappa shape index (κ1) is 12.1. The average molecular weight is 234 g/mol. The highest BCUT2D eigenvalue weighted by molar-refractivity contribution is 6.02. The Bertz CT molecular complexity index is 406. The zero-order chi connectivity index (χ0) is 12.3. The number of rotatable bonds is 3. The number of methoxy groups -OCH3 is 1. The van der Waals surface area contributed by atoms with Gasteiger partial charge in [0.25, 0.3) is 0 Å². The van der Waals surface area contributed by atoms with Gasteiger partial charge in [-0.15, -0.1) is 0 Å². The van der Waals surface area contributed by atoms with Crippen molar-refractivity contribution in [3.8, 4) is 5.75 Å². The van der Waals surface area contributed by atoms with E-state index in [1.165, 1.54) is 0 Å². The number of hydrogen-bond donors (Lipinski definition) is 0. The van der Waals surface area contributed by atoms with Crippen LogP contribution in [0, 0.1) is 0 Å². The van der Waals surface area contributed by atoms with E-state index in [1.54, 1.807) is 13.2 Å². The van der Waals surface area contributed by atoms with Gasteiger partial charge in [-0.2, -0.15) is 0 Å². The molecule has 1 aliphatic heterocycles. The molecule has 0 amide bonds. The maximum Gasteiger partial charge on any atom is 0.194 e. The summed E-state index contributed by atoms with van der Waals surface area (Å²) in [7, 11) is 1.60. The Kier molecular flexibility index (Phi) is 3.48. The minimum atomic E-state index is -0.662. The van der Waals surface area contributed by atoms with Gasteiger partial charge < -0.3 is 9.47 Å². The Balaban J connectivity index is 2.23. The van der Waals surface area contributed by atoms with Gasteiger partial charge in [0.1, 0.15) is 11.4 Å². The minimum Gasteiger partial charge on any atom is -0.497 e. The molecule has 0 N–H and O–H groups in total. The molecule has 1 atom stereocenters. The third-order valence-corrected chi connectivity index (χ3v) is 3.28. The number of ether oxygens (including phenoxy) is 2. The molecule has 0 spiro atoms. The fraction of sp³-hybridized carbons (Fsp3) is 0.500. The van der Waals surface area contributed by atoms with Crippen LogP contribution in [0.25, 0.3) is 0 Å². The van der Waals surface area contributed by atoms with Gasteiger partial charge in [-0.1, -0.05) is 12.1 Å². The molecule has 92 valence electrons. The molecule has 2 rings (SSSR count). The Morgan fingerprint density at radius 3 is 2.88 bits per heavy atom. The molecule has 1 aromatic rings. The van der Waals surface area contributed by atoms with Gasteiger partial charge in [-0.05, 0) is 38.3 Å². The minimum absolute atomic E-state index is 0.0519. The number of carbonyl (C=O) groups is 1. The van der Waals surface area contributed by atoms with Crippen molar-refractivity contribution in [3.05, 3.63) is 29.8 Å². The predicted molar refractivity (Wildman–Crippen MR) is 65.5 cm³/mol. The standard InChI is InChI=1S/C14H18O3/c1-14(8-3-4-9-17-14)13(15)11-6-5-7-12(10-11)16-2/h5-7,10H,3-4,8-9H2,1-2H3. The van der Waals surface area contributed by atoms with E-state index in [0.717, 1.165) is 19.3 Å². The van der Waals surface area contributed by atoms with Gasteiger partial charge in [0.05, 0.1) is 7.11 Å². The van der Waals surface area contributed by atoms with E-state index in [9.17, 15) is 4.79 Å². The molecule has 0 saturated carbocycles. The highest BCUT2D eigenvalue weighted by Crippen LogP contribution is 2.29. The summed E-state index contributed by atoms with van der Waals surface area (Å²) in [6.07, 6.45) is 2.89. The van der Waals surface area contributed by atoms with Crippen molar-refractivity contribution in [1.82, 2.24) is 0 Å². The van der Waals surface area contributed by atoms with E-state index in [4.69, 9.17) is 9.47 Å². The molecule has 17 heavy (non-hydrogen) atoms. The zero-order valence-electron chi connectivity index (χ0n) is 10.4. The lowest BCUT2D eigenvalue weighted by molar-refractivity contribution is -0.0426. The predicted octanol–water partition coefficient (Wildman–Crippen LogP) is 2.84. The van der Waals surface area contributed by atoms with Gasteiger partial charge in [-0.25, -0.2) is 0 Å². The molecule has 3 heteroatoms. The molecule has 1 aliphatic rings. The molecule has 1 unspecified atom stereocenters. The van der Waals surface area contributed by atoms with Gasteiger partial charge in [0.15, 0.2) is 5.78 Å². The number of carbonyl (C=O) groups excluding carboxylic acids is 1. The van der Waals surface area contributed by atoms with Crippen molar-refractivity contribution in [1.29, 1.82) is 0 Å². The lowest BCUT2D eigenvalue weighted by atomic mass is 9.88. The Hall–Kier alpha value is -1.35. The normalized spacial score (nSPS) is 24.4. The fourth-order valence-corrected chi connectivity index (χ4v) is 2.18. The molecule has 1 saturated heterocycles. The van der Waals surface area contributed by atoms with Gasteiger partial charge in [-0.3, -0.25) is 4.79 Å². The molecule has 0 aromatic heterocycles. The van der Waals surface area contributed by atoms with Crippen LogP contribution in [0.4, 0.5) is 0 Å². The van der Waals surface area contributed by atoms with Gasteiger partial charge in [0.2, 0.25) is 0 Å². The van der Waals surface area contributed by atoms with Crippen molar-refractivity contribution in [2.75, 3.05) is 13.7 Å². The molecule has 1 heterocycles. The second-order valence-electron chi connectivity index (χ2n) is 4.60. The molecule has 0 aliphatic carbocycles. The Morgan fingerprint density at radius 1 is 1.41 bits per heavy atom. The SMILES string of the molecule is COc1cccc(C(=O)C2(C)CCCCO2)c1. The summed E-state index contributed by atoms with van der Waals surface area (Å²) in [5.41, 5.74) is -0.00121. The molecular weight excluding hydrogens is 216 g/mol.